The van der Waals surface area contributed by atoms with E-state index in [2.05, 4.69) is 5.32 Å². The molecular weight excluding hydrogens is 226 g/mol. The van der Waals surface area contributed by atoms with Gasteiger partial charge in [-0.25, -0.2) is 0 Å². The van der Waals surface area contributed by atoms with Crippen molar-refractivity contribution in [3.05, 3.63) is 60.2 Å². The molecule has 0 aromatic heterocycles. The van der Waals surface area contributed by atoms with Crippen LogP contribution in [0.5, 0.6) is 11.5 Å². The molecule has 1 N–H and O–H groups in total. The van der Waals surface area contributed by atoms with E-state index < -0.39 is 0 Å². The van der Waals surface area contributed by atoms with E-state index in [-0.39, 0.29) is 5.78 Å². The fourth-order valence-electron chi connectivity index (χ4n) is 1.60. The molecule has 3 heteroatoms. The van der Waals surface area contributed by atoms with Gasteiger partial charge in [0, 0.05) is 5.56 Å². The molecule has 18 heavy (non-hydrogen) atoms. The minimum Gasteiger partial charge on any atom is -0.457 e. The van der Waals surface area contributed by atoms with E-state index in [4.69, 9.17) is 4.74 Å². The standard InChI is InChI=1S/C15H15NO2/c1-16-11-15(17)12-7-9-14(10-8-12)18-13-5-3-2-4-6-13/h2-10,16H,11H2,1H3. The number of ether oxygens (including phenoxy) is 1. The zero-order valence-corrected chi connectivity index (χ0v) is 10.2. The summed E-state index contributed by atoms with van der Waals surface area (Å²) in [4.78, 5) is 11.6. The molecule has 3 nitrogen and oxygen atoms in total. The molecule has 0 heterocycles. The molecule has 0 aliphatic rings. The fraction of sp³-hybridized carbons (Fsp3) is 0.133. The summed E-state index contributed by atoms with van der Waals surface area (Å²) in [6, 6.07) is 16.7. The van der Waals surface area contributed by atoms with Crippen LogP contribution in [0.3, 0.4) is 0 Å². The van der Waals surface area contributed by atoms with Crippen LogP contribution in [0, 0.1) is 0 Å². The monoisotopic (exact) mass is 241 g/mol. The second kappa shape index (κ2) is 5.98. The van der Waals surface area contributed by atoms with Gasteiger partial charge in [-0.3, -0.25) is 4.79 Å². The molecule has 0 aliphatic heterocycles. The molecule has 0 atom stereocenters. The first-order valence-electron chi connectivity index (χ1n) is 5.80. The van der Waals surface area contributed by atoms with E-state index in [9.17, 15) is 4.79 Å². The number of ketones is 1. The van der Waals surface area contributed by atoms with Gasteiger partial charge in [-0.2, -0.15) is 0 Å². The molecule has 2 rings (SSSR count). The highest BCUT2D eigenvalue weighted by Gasteiger charge is 2.04. The first-order chi connectivity index (χ1) is 8.79. The Morgan fingerprint density at radius 1 is 1.00 bits per heavy atom. The molecule has 0 amide bonds. The summed E-state index contributed by atoms with van der Waals surface area (Å²) in [5.74, 6) is 1.58. The number of para-hydroxylation sites is 1. The van der Waals surface area contributed by atoms with E-state index in [0.717, 1.165) is 11.5 Å². The highest BCUT2D eigenvalue weighted by atomic mass is 16.5. The Balaban J connectivity index is 2.06. The Morgan fingerprint density at radius 3 is 2.22 bits per heavy atom. The number of Topliss-reactive ketones (excluding diaryl/α,β-unsaturated/α-hetero) is 1. The van der Waals surface area contributed by atoms with Crippen molar-refractivity contribution in [1.29, 1.82) is 0 Å². The molecule has 0 radical (unpaired) electrons. The zero-order chi connectivity index (χ0) is 12.8. The fourth-order valence-corrected chi connectivity index (χ4v) is 1.60. The topological polar surface area (TPSA) is 38.3 Å². The normalized spacial score (nSPS) is 10.1. The molecule has 0 saturated carbocycles. The lowest BCUT2D eigenvalue weighted by molar-refractivity contribution is 0.0993. The number of carbonyl (C=O) groups is 1. The van der Waals surface area contributed by atoms with Crippen molar-refractivity contribution in [2.75, 3.05) is 13.6 Å². The number of likely N-dealkylation sites (N-methyl/N-ethyl adjacent to an activating group) is 1. The molecule has 0 aliphatic carbocycles. The summed E-state index contributed by atoms with van der Waals surface area (Å²) < 4.78 is 5.65. The van der Waals surface area contributed by atoms with E-state index in [1.807, 2.05) is 30.3 Å². The van der Waals surface area contributed by atoms with Crippen molar-refractivity contribution >= 4 is 5.78 Å². The molecule has 0 fully saturated rings. The van der Waals surface area contributed by atoms with Crippen LogP contribution >= 0.6 is 0 Å². The first-order valence-corrected chi connectivity index (χ1v) is 5.80. The second-order valence-electron chi connectivity index (χ2n) is 3.89. The van der Waals surface area contributed by atoms with Gasteiger partial charge >= 0.3 is 0 Å². The summed E-state index contributed by atoms with van der Waals surface area (Å²) in [6.45, 7) is 0.346. The van der Waals surface area contributed by atoms with Crippen LogP contribution in [0.2, 0.25) is 0 Å². The number of rotatable bonds is 5. The molecule has 0 spiro atoms. The van der Waals surface area contributed by atoms with Gasteiger partial charge in [0.2, 0.25) is 0 Å². The van der Waals surface area contributed by atoms with Gasteiger partial charge in [-0.15, -0.1) is 0 Å². The molecule has 0 saturated heterocycles. The maximum Gasteiger partial charge on any atom is 0.176 e. The van der Waals surface area contributed by atoms with Gasteiger partial charge in [-0.1, -0.05) is 18.2 Å². The third-order valence-electron chi connectivity index (χ3n) is 2.49. The van der Waals surface area contributed by atoms with Crippen molar-refractivity contribution in [1.82, 2.24) is 5.32 Å². The SMILES string of the molecule is CNCC(=O)c1ccc(Oc2ccccc2)cc1. The van der Waals surface area contributed by atoms with Crippen LogP contribution in [0.25, 0.3) is 0 Å². The molecule has 0 bridgehead atoms. The van der Waals surface area contributed by atoms with Crippen molar-refractivity contribution in [2.45, 2.75) is 0 Å². The van der Waals surface area contributed by atoms with E-state index in [0.29, 0.717) is 12.1 Å². The predicted octanol–water partition coefficient (Wildman–Crippen LogP) is 2.88. The lowest BCUT2D eigenvalue weighted by atomic mass is 10.1. The number of carbonyl (C=O) groups excluding carboxylic acids is 1. The largest absolute Gasteiger partial charge is 0.457 e. The van der Waals surface area contributed by atoms with Gasteiger partial charge in [0.15, 0.2) is 5.78 Å². The Kier molecular flexibility index (Phi) is 4.10. The van der Waals surface area contributed by atoms with Crippen molar-refractivity contribution < 1.29 is 9.53 Å². The third kappa shape index (κ3) is 3.18. The van der Waals surface area contributed by atoms with E-state index in [1.165, 1.54) is 0 Å². The third-order valence-corrected chi connectivity index (χ3v) is 2.49. The lowest BCUT2D eigenvalue weighted by Gasteiger charge is -2.06. The van der Waals surface area contributed by atoms with Crippen LogP contribution in [0.4, 0.5) is 0 Å². The van der Waals surface area contributed by atoms with Crippen molar-refractivity contribution in [3.63, 3.8) is 0 Å². The predicted molar refractivity (Wildman–Crippen MR) is 71.2 cm³/mol. The summed E-state index contributed by atoms with van der Waals surface area (Å²) in [6.07, 6.45) is 0. The highest BCUT2D eigenvalue weighted by Crippen LogP contribution is 2.21. The van der Waals surface area contributed by atoms with Gasteiger partial charge in [-0.05, 0) is 43.4 Å². The summed E-state index contributed by atoms with van der Waals surface area (Å²) >= 11 is 0. The summed E-state index contributed by atoms with van der Waals surface area (Å²) in [5.41, 5.74) is 0.685. The smallest absolute Gasteiger partial charge is 0.176 e. The number of hydrogen-bond donors (Lipinski definition) is 1. The lowest BCUT2D eigenvalue weighted by Crippen LogP contribution is -2.18. The van der Waals surface area contributed by atoms with E-state index in [1.54, 1.807) is 31.3 Å². The Bertz CT molecular complexity index is 506. The highest BCUT2D eigenvalue weighted by molar-refractivity contribution is 5.97. The first kappa shape index (κ1) is 12.3. The van der Waals surface area contributed by atoms with Crippen LogP contribution < -0.4 is 10.1 Å². The van der Waals surface area contributed by atoms with Crippen molar-refractivity contribution in [3.8, 4) is 11.5 Å². The zero-order valence-electron chi connectivity index (χ0n) is 10.2. The Labute approximate surface area is 106 Å². The maximum absolute atomic E-state index is 11.6. The average molecular weight is 241 g/mol. The quantitative estimate of drug-likeness (QED) is 0.818. The van der Waals surface area contributed by atoms with Gasteiger partial charge in [0.25, 0.3) is 0 Å². The number of nitrogens with one attached hydrogen (secondary N) is 1. The summed E-state index contributed by atoms with van der Waals surface area (Å²) in [7, 11) is 1.75. The minimum atomic E-state index is 0.0729. The number of hydrogen-bond acceptors (Lipinski definition) is 3. The maximum atomic E-state index is 11.6. The Morgan fingerprint density at radius 2 is 1.61 bits per heavy atom. The molecule has 0 unspecified atom stereocenters. The molecule has 2 aromatic carbocycles. The van der Waals surface area contributed by atoms with Gasteiger partial charge in [0.1, 0.15) is 11.5 Å². The van der Waals surface area contributed by atoms with Crippen molar-refractivity contribution in [2.24, 2.45) is 0 Å². The minimum absolute atomic E-state index is 0.0729. The number of benzene rings is 2. The van der Waals surface area contributed by atoms with Crippen LogP contribution in [-0.2, 0) is 0 Å². The van der Waals surface area contributed by atoms with Gasteiger partial charge in [0.05, 0.1) is 6.54 Å². The van der Waals surface area contributed by atoms with E-state index >= 15 is 0 Å². The van der Waals surface area contributed by atoms with Gasteiger partial charge < -0.3 is 10.1 Å². The van der Waals surface area contributed by atoms with Crippen LogP contribution in [0.15, 0.2) is 54.6 Å². The van der Waals surface area contributed by atoms with Crippen LogP contribution in [0.1, 0.15) is 10.4 Å². The summed E-state index contributed by atoms with van der Waals surface area (Å²) in [5, 5.41) is 2.84. The van der Waals surface area contributed by atoms with Crippen LogP contribution in [-0.4, -0.2) is 19.4 Å². The second-order valence-corrected chi connectivity index (χ2v) is 3.89. The molecule has 2 aromatic rings. The molecular formula is C15H15NO2. The average Bonchev–Trinajstić information content (AvgIpc) is 2.41. The molecule has 92 valence electrons. The Hall–Kier alpha value is -2.13.